The van der Waals surface area contributed by atoms with Crippen molar-refractivity contribution in [3.05, 3.63) is 70.4 Å². The van der Waals surface area contributed by atoms with E-state index in [1.807, 2.05) is 6.07 Å². The van der Waals surface area contributed by atoms with E-state index in [2.05, 4.69) is 17.0 Å². The Morgan fingerprint density at radius 1 is 1.19 bits per heavy atom. The summed E-state index contributed by atoms with van der Waals surface area (Å²) in [5, 5.41) is 10.4. The first-order chi connectivity index (χ1) is 17.4. The number of ether oxygens (including phenoxy) is 2. The molecule has 1 saturated carbocycles. The number of fused-ring (bicyclic) bond motifs is 3. The number of anilines is 1. The number of nitrogens with zero attached hydrogens (tertiary/aromatic N) is 1. The molecule has 0 aromatic heterocycles. The van der Waals surface area contributed by atoms with Crippen molar-refractivity contribution in [3.63, 3.8) is 0 Å². The van der Waals surface area contributed by atoms with Gasteiger partial charge in [0.1, 0.15) is 11.9 Å². The van der Waals surface area contributed by atoms with Crippen molar-refractivity contribution in [2.45, 2.75) is 50.0 Å². The van der Waals surface area contributed by atoms with Crippen molar-refractivity contribution in [3.8, 4) is 5.75 Å². The van der Waals surface area contributed by atoms with Crippen LogP contribution in [0.5, 0.6) is 5.75 Å². The highest BCUT2D eigenvalue weighted by Crippen LogP contribution is 2.47. The van der Waals surface area contributed by atoms with Crippen LogP contribution in [0.1, 0.15) is 53.6 Å². The standard InChI is InChI=1S/C29H30ClNO5/c30-21-5-7-24-18(12-21)2-1-10-29(24)16-31(25-13-19(28(33)34)4-8-26(25)36-17-29)15-20-3-6-23(20)27-14-22(32)9-11-35-27/h4-5,7-9,11-13,20,23,27H,1-3,6,10,14-17H2,(H,33,34)/t20?,23?,27-,29?/m0/s1. The van der Waals surface area contributed by atoms with Gasteiger partial charge in [0.05, 0.1) is 24.1 Å². The molecular weight excluding hydrogens is 478 g/mol. The number of aryl methyl sites for hydroxylation is 1. The fourth-order valence-electron chi connectivity index (χ4n) is 6.62. The number of hydrogen-bond acceptors (Lipinski definition) is 5. The number of hydrogen-bond donors (Lipinski definition) is 1. The highest BCUT2D eigenvalue weighted by atomic mass is 35.5. The van der Waals surface area contributed by atoms with Crippen LogP contribution in [0.2, 0.25) is 5.02 Å². The summed E-state index contributed by atoms with van der Waals surface area (Å²) in [6.07, 6.45) is 8.55. The van der Waals surface area contributed by atoms with Gasteiger partial charge in [-0.05, 0) is 79.5 Å². The highest BCUT2D eigenvalue weighted by Gasteiger charge is 2.45. The van der Waals surface area contributed by atoms with Crippen molar-refractivity contribution >= 4 is 29.0 Å². The Morgan fingerprint density at radius 2 is 2.08 bits per heavy atom. The number of rotatable bonds is 4. The quantitative estimate of drug-likeness (QED) is 0.596. The lowest BCUT2D eigenvalue weighted by Crippen LogP contribution is -2.50. The number of carboxylic acid groups (broad SMARTS) is 1. The van der Waals surface area contributed by atoms with E-state index < -0.39 is 5.97 Å². The monoisotopic (exact) mass is 507 g/mol. The molecule has 2 aliphatic carbocycles. The lowest BCUT2D eigenvalue weighted by Gasteiger charge is -2.46. The lowest BCUT2D eigenvalue weighted by molar-refractivity contribution is -0.120. The molecule has 7 heteroatoms. The van der Waals surface area contributed by atoms with E-state index in [0.717, 1.165) is 61.7 Å². The van der Waals surface area contributed by atoms with Gasteiger partial charge in [0.2, 0.25) is 0 Å². The van der Waals surface area contributed by atoms with E-state index in [1.54, 1.807) is 24.5 Å². The minimum atomic E-state index is -0.947. The zero-order chi connectivity index (χ0) is 24.9. The van der Waals surface area contributed by atoms with Gasteiger partial charge >= 0.3 is 5.97 Å². The van der Waals surface area contributed by atoms with E-state index in [-0.39, 0.29) is 22.9 Å². The molecule has 2 aliphatic heterocycles. The van der Waals surface area contributed by atoms with Gasteiger partial charge in [-0.25, -0.2) is 4.79 Å². The summed E-state index contributed by atoms with van der Waals surface area (Å²) in [6, 6.07) is 11.4. The van der Waals surface area contributed by atoms with Gasteiger partial charge in [0.25, 0.3) is 0 Å². The summed E-state index contributed by atoms with van der Waals surface area (Å²) in [6.45, 7) is 2.05. The van der Waals surface area contributed by atoms with E-state index in [4.69, 9.17) is 21.1 Å². The van der Waals surface area contributed by atoms with E-state index >= 15 is 0 Å². The van der Waals surface area contributed by atoms with Crippen molar-refractivity contribution < 1.29 is 24.2 Å². The molecule has 2 aromatic rings. The Balaban J connectivity index is 1.35. The van der Waals surface area contributed by atoms with E-state index in [9.17, 15) is 14.7 Å². The number of ketones is 1. The third kappa shape index (κ3) is 4.15. The van der Waals surface area contributed by atoms with Crippen LogP contribution in [0.4, 0.5) is 5.69 Å². The zero-order valence-electron chi connectivity index (χ0n) is 20.1. The second kappa shape index (κ2) is 9.15. The molecule has 2 aromatic carbocycles. The van der Waals surface area contributed by atoms with Crippen molar-refractivity contribution in [1.82, 2.24) is 0 Å². The number of carbonyl (C=O) groups is 2. The van der Waals surface area contributed by atoms with E-state index in [1.165, 1.54) is 17.2 Å². The van der Waals surface area contributed by atoms with Crippen molar-refractivity contribution in [2.24, 2.45) is 11.8 Å². The molecule has 0 radical (unpaired) electrons. The number of allylic oxidation sites excluding steroid dienone is 1. The van der Waals surface area contributed by atoms with Gasteiger partial charge in [0, 0.05) is 41.9 Å². The maximum Gasteiger partial charge on any atom is 0.335 e. The predicted octanol–water partition coefficient (Wildman–Crippen LogP) is 5.41. The number of halogens is 1. The third-order valence-corrected chi connectivity index (χ3v) is 8.84. The van der Waals surface area contributed by atoms with Crippen LogP contribution in [-0.4, -0.2) is 42.7 Å². The highest BCUT2D eigenvalue weighted by molar-refractivity contribution is 6.30. The molecule has 4 atom stereocenters. The van der Waals surface area contributed by atoms with E-state index in [0.29, 0.717) is 24.9 Å². The fraction of sp³-hybridized carbons (Fsp3) is 0.448. The summed E-state index contributed by atoms with van der Waals surface area (Å²) < 4.78 is 12.3. The molecule has 1 N–H and O–H groups in total. The summed E-state index contributed by atoms with van der Waals surface area (Å²) in [7, 11) is 0. The Kier molecular flexibility index (Phi) is 5.95. The number of aromatic carboxylic acids is 1. The van der Waals surface area contributed by atoms with Crippen LogP contribution in [0.15, 0.2) is 48.7 Å². The third-order valence-electron chi connectivity index (χ3n) is 8.60. The molecule has 36 heavy (non-hydrogen) atoms. The summed E-state index contributed by atoms with van der Waals surface area (Å²) in [5.41, 5.74) is 3.44. The van der Waals surface area contributed by atoms with Crippen LogP contribution < -0.4 is 9.64 Å². The summed E-state index contributed by atoms with van der Waals surface area (Å²) >= 11 is 6.34. The number of carboxylic acids is 1. The summed E-state index contributed by atoms with van der Waals surface area (Å²) in [5.74, 6) is 0.562. The molecule has 188 valence electrons. The maximum absolute atomic E-state index is 12.0. The molecule has 0 amide bonds. The van der Waals surface area contributed by atoms with Crippen LogP contribution in [0.25, 0.3) is 0 Å². The first-order valence-corrected chi connectivity index (χ1v) is 13.2. The Hall–Kier alpha value is -2.99. The van der Waals surface area contributed by atoms with Crippen LogP contribution in [0, 0.1) is 11.8 Å². The molecule has 0 bridgehead atoms. The predicted molar refractivity (Wildman–Crippen MR) is 137 cm³/mol. The number of carbonyl (C=O) groups excluding carboxylic acids is 1. The molecule has 1 fully saturated rings. The maximum atomic E-state index is 12.0. The second-order valence-electron chi connectivity index (χ2n) is 10.7. The van der Waals surface area contributed by atoms with Gasteiger partial charge in [-0.2, -0.15) is 0 Å². The Labute approximate surface area is 215 Å². The Morgan fingerprint density at radius 3 is 2.86 bits per heavy atom. The second-order valence-corrected chi connectivity index (χ2v) is 11.2. The molecule has 6 rings (SSSR count). The first-order valence-electron chi connectivity index (χ1n) is 12.8. The largest absolute Gasteiger partial charge is 0.497 e. The summed E-state index contributed by atoms with van der Waals surface area (Å²) in [4.78, 5) is 26.2. The fourth-order valence-corrected chi connectivity index (χ4v) is 6.82. The van der Waals surface area contributed by atoms with Gasteiger partial charge in [0.15, 0.2) is 5.78 Å². The molecule has 6 nitrogen and oxygen atoms in total. The topological polar surface area (TPSA) is 76.1 Å². The van der Waals surface area contributed by atoms with Gasteiger partial charge < -0.3 is 19.5 Å². The minimum absolute atomic E-state index is 0.0826. The minimum Gasteiger partial charge on any atom is -0.497 e. The van der Waals surface area contributed by atoms with Gasteiger partial charge in [-0.3, -0.25) is 4.79 Å². The van der Waals surface area contributed by atoms with Crippen molar-refractivity contribution in [1.29, 1.82) is 0 Å². The average molecular weight is 508 g/mol. The molecular formula is C29H30ClNO5. The average Bonchev–Trinajstić information content (AvgIpc) is 2.99. The van der Waals surface area contributed by atoms with Gasteiger partial charge in [-0.15, -0.1) is 0 Å². The molecule has 1 spiro atoms. The number of benzene rings is 2. The van der Waals surface area contributed by atoms with Crippen LogP contribution >= 0.6 is 11.6 Å². The molecule has 3 unspecified atom stereocenters. The van der Waals surface area contributed by atoms with Gasteiger partial charge in [-0.1, -0.05) is 17.7 Å². The molecule has 2 heterocycles. The zero-order valence-corrected chi connectivity index (χ0v) is 20.9. The molecule has 0 saturated heterocycles. The smallest absolute Gasteiger partial charge is 0.335 e. The first kappa shape index (κ1) is 23.4. The normalized spacial score (nSPS) is 28.9. The SMILES string of the molecule is O=C1C=CO[C@H](C2CCC2CN2CC3(CCCc4cc(Cl)ccc43)COc3ccc(C(=O)O)cc32)C1. The van der Waals surface area contributed by atoms with Crippen molar-refractivity contribution in [2.75, 3.05) is 24.6 Å². The lowest BCUT2D eigenvalue weighted by atomic mass is 9.68. The Bertz CT molecular complexity index is 1240. The van der Waals surface area contributed by atoms with Crippen LogP contribution in [0.3, 0.4) is 0 Å². The molecule has 4 aliphatic rings. The van der Waals surface area contributed by atoms with Crippen LogP contribution in [-0.2, 0) is 21.4 Å².